The zero-order valence-corrected chi connectivity index (χ0v) is 18.1. The van der Waals surface area contributed by atoms with E-state index in [-0.39, 0.29) is 11.8 Å². The molecular weight excluding hydrogens is 392 g/mol. The standard InChI is InChI=1S/C22H27ClN2O2S/c1-4-20(22(27)24-3)25(15-17-8-6-5-7-16(17)2)21(26)13-14-28-19-11-9-18(23)10-12-19/h5-12,20H,4,13-15H2,1-3H3,(H,24,27). The van der Waals surface area contributed by atoms with Crippen molar-refractivity contribution in [3.63, 3.8) is 0 Å². The molecule has 0 aliphatic rings. The number of nitrogens with zero attached hydrogens (tertiary/aromatic N) is 1. The number of thioether (sulfide) groups is 1. The number of hydrogen-bond donors (Lipinski definition) is 1. The maximum atomic E-state index is 13.0. The lowest BCUT2D eigenvalue weighted by molar-refractivity contribution is -0.140. The highest BCUT2D eigenvalue weighted by Gasteiger charge is 2.27. The lowest BCUT2D eigenvalue weighted by atomic mass is 10.1. The third-order valence-electron chi connectivity index (χ3n) is 4.63. The van der Waals surface area contributed by atoms with Gasteiger partial charge in [-0.1, -0.05) is 42.8 Å². The van der Waals surface area contributed by atoms with Crippen molar-refractivity contribution in [3.8, 4) is 0 Å². The highest BCUT2D eigenvalue weighted by atomic mass is 35.5. The van der Waals surface area contributed by atoms with Crippen molar-refractivity contribution in [1.29, 1.82) is 0 Å². The molecule has 0 radical (unpaired) electrons. The Labute approximate surface area is 176 Å². The average molecular weight is 419 g/mol. The monoisotopic (exact) mass is 418 g/mol. The summed E-state index contributed by atoms with van der Waals surface area (Å²) in [5.74, 6) is 0.504. The smallest absolute Gasteiger partial charge is 0.242 e. The minimum Gasteiger partial charge on any atom is -0.357 e. The third-order valence-corrected chi connectivity index (χ3v) is 5.90. The van der Waals surface area contributed by atoms with Gasteiger partial charge in [0.05, 0.1) is 0 Å². The second-order valence-corrected chi connectivity index (χ2v) is 8.14. The topological polar surface area (TPSA) is 49.4 Å². The van der Waals surface area contributed by atoms with Gasteiger partial charge in [0.2, 0.25) is 11.8 Å². The molecule has 4 nitrogen and oxygen atoms in total. The van der Waals surface area contributed by atoms with Gasteiger partial charge >= 0.3 is 0 Å². The summed E-state index contributed by atoms with van der Waals surface area (Å²) in [5, 5.41) is 3.38. The molecule has 1 unspecified atom stereocenters. The van der Waals surface area contributed by atoms with Crippen LogP contribution in [0.25, 0.3) is 0 Å². The van der Waals surface area contributed by atoms with Gasteiger partial charge in [0.15, 0.2) is 0 Å². The number of hydrogen-bond acceptors (Lipinski definition) is 3. The second-order valence-electron chi connectivity index (χ2n) is 6.54. The quantitative estimate of drug-likeness (QED) is 0.601. The van der Waals surface area contributed by atoms with Crippen molar-refractivity contribution in [2.24, 2.45) is 0 Å². The molecule has 0 aromatic heterocycles. The first-order chi connectivity index (χ1) is 13.5. The lowest BCUT2D eigenvalue weighted by Crippen LogP contribution is -2.48. The van der Waals surface area contributed by atoms with Gasteiger partial charge in [-0.3, -0.25) is 9.59 Å². The van der Waals surface area contributed by atoms with Crippen LogP contribution >= 0.6 is 23.4 Å². The van der Waals surface area contributed by atoms with Crippen molar-refractivity contribution in [2.75, 3.05) is 12.8 Å². The van der Waals surface area contributed by atoms with E-state index < -0.39 is 6.04 Å². The number of benzene rings is 2. The first kappa shape index (κ1) is 22.3. The van der Waals surface area contributed by atoms with Crippen LogP contribution in [0.4, 0.5) is 0 Å². The Kier molecular flexibility index (Phi) is 8.87. The molecule has 0 spiro atoms. The molecule has 0 saturated heterocycles. The van der Waals surface area contributed by atoms with E-state index in [0.717, 1.165) is 16.0 Å². The largest absolute Gasteiger partial charge is 0.357 e. The van der Waals surface area contributed by atoms with E-state index in [1.54, 1.807) is 23.7 Å². The van der Waals surface area contributed by atoms with Crippen LogP contribution in [0, 0.1) is 6.92 Å². The second kappa shape index (κ2) is 11.1. The predicted molar refractivity (Wildman–Crippen MR) is 117 cm³/mol. The van der Waals surface area contributed by atoms with Crippen molar-refractivity contribution in [3.05, 3.63) is 64.7 Å². The Morgan fingerprint density at radius 3 is 2.43 bits per heavy atom. The van der Waals surface area contributed by atoms with Crippen LogP contribution in [0.1, 0.15) is 30.9 Å². The summed E-state index contributed by atoms with van der Waals surface area (Å²) < 4.78 is 0. The summed E-state index contributed by atoms with van der Waals surface area (Å²) in [7, 11) is 1.61. The first-order valence-electron chi connectivity index (χ1n) is 9.40. The molecule has 0 heterocycles. The van der Waals surface area contributed by atoms with Crippen LogP contribution in [0.5, 0.6) is 0 Å². The van der Waals surface area contributed by atoms with E-state index >= 15 is 0 Å². The maximum absolute atomic E-state index is 13.0. The third kappa shape index (κ3) is 6.28. The SMILES string of the molecule is CCC(C(=O)NC)N(Cc1ccccc1C)C(=O)CCSc1ccc(Cl)cc1. The van der Waals surface area contributed by atoms with Gasteiger partial charge in [-0.25, -0.2) is 0 Å². The molecule has 0 saturated carbocycles. The number of carbonyl (C=O) groups is 2. The molecule has 0 aliphatic heterocycles. The maximum Gasteiger partial charge on any atom is 0.242 e. The summed E-state index contributed by atoms with van der Waals surface area (Å²) in [6, 6.07) is 15.1. The highest BCUT2D eigenvalue weighted by molar-refractivity contribution is 7.99. The zero-order valence-electron chi connectivity index (χ0n) is 16.6. The number of nitrogens with one attached hydrogen (secondary N) is 1. The fourth-order valence-electron chi connectivity index (χ4n) is 2.99. The Bertz CT molecular complexity index is 795. The van der Waals surface area contributed by atoms with Gasteiger partial charge in [-0.2, -0.15) is 0 Å². The van der Waals surface area contributed by atoms with Crippen LogP contribution in [0.15, 0.2) is 53.4 Å². The van der Waals surface area contributed by atoms with Crippen LogP contribution in [0.3, 0.4) is 0 Å². The van der Waals surface area contributed by atoms with E-state index in [9.17, 15) is 9.59 Å². The van der Waals surface area contributed by atoms with Crippen LogP contribution in [-0.4, -0.2) is 35.6 Å². The highest BCUT2D eigenvalue weighted by Crippen LogP contribution is 2.22. The minimum atomic E-state index is -0.474. The molecule has 2 aromatic carbocycles. The van der Waals surface area contributed by atoms with E-state index in [0.29, 0.717) is 30.2 Å². The Morgan fingerprint density at radius 1 is 1.14 bits per heavy atom. The fraction of sp³-hybridized carbons (Fsp3) is 0.364. The molecule has 0 bridgehead atoms. The zero-order chi connectivity index (χ0) is 20.5. The molecule has 0 aliphatic carbocycles. The number of rotatable bonds is 9. The van der Waals surface area contributed by atoms with Gasteiger partial charge in [-0.15, -0.1) is 11.8 Å². The normalized spacial score (nSPS) is 11.7. The number of likely N-dealkylation sites (N-methyl/N-ethyl adjacent to an activating group) is 1. The van der Waals surface area contributed by atoms with Crippen molar-refractivity contribution >= 4 is 35.2 Å². The van der Waals surface area contributed by atoms with Crippen molar-refractivity contribution < 1.29 is 9.59 Å². The summed E-state index contributed by atoms with van der Waals surface area (Å²) >= 11 is 7.52. The van der Waals surface area contributed by atoms with E-state index in [1.165, 1.54) is 0 Å². The van der Waals surface area contributed by atoms with E-state index in [1.807, 2.05) is 62.4 Å². The molecule has 1 atom stereocenters. The number of halogens is 1. The van der Waals surface area contributed by atoms with E-state index in [2.05, 4.69) is 5.32 Å². The number of carbonyl (C=O) groups excluding carboxylic acids is 2. The van der Waals surface area contributed by atoms with Gasteiger partial charge in [0.25, 0.3) is 0 Å². The molecule has 150 valence electrons. The van der Waals surface area contributed by atoms with Crippen LogP contribution in [0.2, 0.25) is 5.02 Å². The number of aryl methyl sites for hydroxylation is 1. The molecule has 2 rings (SSSR count). The Hall–Kier alpha value is -1.98. The number of amides is 2. The fourth-order valence-corrected chi connectivity index (χ4v) is 3.95. The first-order valence-corrected chi connectivity index (χ1v) is 10.8. The van der Waals surface area contributed by atoms with Gasteiger partial charge in [-0.05, 0) is 48.7 Å². The summed E-state index contributed by atoms with van der Waals surface area (Å²) in [4.78, 5) is 28.2. The van der Waals surface area contributed by atoms with Gasteiger partial charge in [0, 0.05) is 35.7 Å². The predicted octanol–water partition coefficient (Wildman–Crippen LogP) is 4.68. The van der Waals surface area contributed by atoms with Gasteiger partial charge in [0.1, 0.15) is 6.04 Å². The molecule has 1 N–H and O–H groups in total. The Morgan fingerprint density at radius 2 is 1.82 bits per heavy atom. The summed E-state index contributed by atoms with van der Waals surface area (Å²) in [6.07, 6.45) is 0.939. The van der Waals surface area contributed by atoms with E-state index in [4.69, 9.17) is 11.6 Å². The molecule has 28 heavy (non-hydrogen) atoms. The molecule has 2 aromatic rings. The molecular formula is C22H27ClN2O2S. The molecule has 6 heteroatoms. The molecule has 2 amide bonds. The lowest BCUT2D eigenvalue weighted by Gasteiger charge is -2.30. The van der Waals surface area contributed by atoms with Crippen LogP contribution < -0.4 is 5.32 Å². The van der Waals surface area contributed by atoms with Crippen LogP contribution in [-0.2, 0) is 16.1 Å². The summed E-state index contributed by atoms with van der Waals surface area (Å²) in [6.45, 7) is 4.39. The average Bonchev–Trinajstić information content (AvgIpc) is 2.70. The Balaban J connectivity index is 2.10. The summed E-state index contributed by atoms with van der Waals surface area (Å²) in [5.41, 5.74) is 2.17. The van der Waals surface area contributed by atoms with Crippen molar-refractivity contribution in [2.45, 2.75) is 44.2 Å². The minimum absolute atomic E-state index is 0.0137. The van der Waals surface area contributed by atoms with Crippen molar-refractivity contribution in [1.82, 2.24) is 10.2 Å². The molecule has 0 fully saturated rings. The van der Waals surface area contributed by atoms with Gasteiger partial charge < -0.3 is 10.2 Å².